The highest BCUT2D eigenvalue weighted by molar-refractivity contribution is 5.80. The number of rotatable bonds is 1. The zero-order valence-corrected chi connectivity index (χ0v) is 15.2. The van der Waals surface area contributed by atoms with Crippen molar-refractivity contribution in [2.75, 3.05) is 11.4 Å². The zero-order valence-electron chi connectivity index (χ0n) is 15.2. The van der Waals surface area contributed by atoms with Crippen LogP contribution >= 0.6 is 0 Å². The van der Waals surface area contributed by atoms with Gasteiger partial charge >= 0.3 is 0 Å². The van der Waals surface area contributed by atoms with Gasteiger partial charge in [-0.05, 0) is 61.0 Å². The Hall–Kier alpha value is -3.00. The monoisotopic (exact) mass is 340 g/mol. The third-order valence-electron chi connectivity index (χ3n) is 4.84. The second kappa shape index (κ2) is 7.49. The molecular formula is C24H24N2. The second-order valence-electron chi connectivity index (χ2n) is 6.76. The number of aromatic nitrogens is 1. The van der Waals surface area contributed by atoms with Gasteiger partial charge in [0.1, 0.15) is 0 Å². The van der Waals surface area contributed by atoms with Crippen LogP contribution in [0.5, 0.6) is 0 Å². The van der Waals surface area contributed by atoms with E-state index < -0.39 is 0 Å². The van der Waals surface area contributed by atoms with Crippen LogP contribution in [-0.2, 0) is 6.42 Å². The van der Waals surface area contributed by atoms with Crippen molar-refractivity contribution in [3.8, 4) is 0 Å². The molecule has 0 spiro atoms. The van der Waals surface area contributed by atoms with Crippen molar-refractivity contribution in [1.82, 2.24) is 4.98 Å². The Bertz CT molecular complexity index is 952. The number of fused-ring (bicyclic) bond motifs is 2. The van der Waals surface area contributed by atoms with Crippen LogP contribution < -0.4 is 4.90 Å². The van der Waals surface area contributed by atoms with Gasteiger partial charge in [0.25, 0.3) is 0 Å². The lowest BCUT2D eigenvalue weighted by Gasteiger charge is -2.31. The number of hydrogen-bond acceptors (Lipinski definition) is 1. The zero-order chi connectivity index (χ0) is 17.8. The Morgan fingerprint density at radius 2 is 1.54 bits per heavy atom. The average molecular weight is 340 g/mol. The van der Waals surface area contributed by atoms with Crippen molar-refractivity contribution in [2.24, 2.45) is 0 Å². The fraction of sp³-hybridized carbons (Fsp3) is 0.167. The Morgan fingerprint density at radius 1 is 0.808 bits per heavy atom. The van der Waals surface area contributed by atoms with Gasteiger partial charge in [0.05, 0.1) is 0 Å². The molecule has 0 unspecified atom stereocenters. The maximum atomic E-state index is 3.26. The summed E-state index contributed by atoms with van der Waals surface area (Å²) >= 11 is 0. The molecule has 0 saturated heterocycles. The molecule has 5 rings (SSSR count). The summed E-state index contributed by atoms with van der Waals surface area (Å²) in [6.45, 7) is 3.20. The van der Waals surface area contributed by atoms with E-state index >= 15 is 0 Å². The SMILES string of the molecule is Cc1cc2ccccc2[nH]1.c1ccc(N2CCCc3ccccc32)cc1. The normalized spacial score (nSPS) is 13.0. The lowest BCUT2D eigenvalue weighted by Crippen LogP contribution is -2.24. The third kappa shape index (κ3) is 3.50. The molecule has 4 aromatic rings. The van der Waals surface area contributed by atoms with Crippen molar-refractivity contribution in [3.63, 3.8) is 0 Å². The fourth-order valence-electron chi connectivity index (χ4n) is 3.63. The Balaban J connectivity index is 0.000000144. The number of nitrogens with one attached hydrogen (secondary N) is 1. The van der Waals surface area contributed by atoms with E-state index in [0.29, 0.717) is 0 Å². The fourth-order valence-corrected chi connectivity index (χ4v) is 3.63. The van der Waals surface area contributed by atoms with E-state index in [0.717, 1.165) is 6.54 Å². The minimum Gasteiger partial charge on any atom is -0.359 e. The largest absolute Gasteiger partial charge is 0.359 e. The molecule has 0 amide bonds. The van der Waals surface area contributed by atoms with Gasteiger partial charge in [0.15, 0.2) is 0 Å². The van der Waals surface area contributed by atoms with Gasteiger partial charge in [-0.3, -0.25) is 0 Å². The Kier molecular flexibility index (Phi) is 4.74. The molecule has 2 nitrogen and oxygen atoms in total. The topological polar surface area (TPSA) is 19.0 Å². The van der Waals surface area contributed by atoms with Gasteiger partial charge in [-0.25, -0.2) is 0 Å². The number of hydrogen-bond donors (Lipinski definition) is 1. The first-order valence-corrected chi connectivity index (χ1v) is 9.26. The predicted octanol–water partition coefficient (Wildman–Crippen LogP) is 6.25. The quantitative estimate of drug-likeness (QED) is 0.434. The molecule has 0 fully saturated rings. The predicted molar refractivity (Wildman–Crippen MR) is 111 cm³/mol. The molecule has 130 valence electrons. The smallest absolute Gasteiger partial charge is 0.0455 e. The highest BCUT2D eigenvalue weighted by Crippen LogP contribution is 2.32. The van der Waals surface area contributed by atoms with E-state index in [4.69, 9.17) is 0 Å². The number of para-hydroxylation sites is 3. The molecule has 0 aliphatic carbocycles. The summed E-state index contributed by atoms with van der Waals surface area (Å²) in [7, 11) is 0. The number of H-pyrrole nitrogens is 1. The minimum atomic E-state index is 1.13. The van der Waals surface area contributed by atoms with Crippen molar-refractivity contribution in [1.29, 1.82) is 0 Å². The summed E-state index contributed by atoms with van der Waals surface area (Å²) in [6, 6.07) is 29.8. The minimum absolute atomic E-state index is 1.13. The molecule has 0 atom stereocenters. The lowest BCUT2D eigenvalue weighted by atomic mass is 10.0. The highest BCUT2D eigenvalue weighted by atomic mass is 15.1. The van der Waals surface area contributed by atoms with Crippen molar-refractivity contribution in [3.05, 3.63) is 96.2 Å². The molecule has 1 aliphatic heterocycles. The third-order valence-corrected chi connectivity index (χ3v) is 4.84. The Morgan fingerprint density at radius 3 is 2.38 bits per heavy atom. The molecule has 1 aromatic heterocycles. The van der Waals surface area contributed by atoms with Gasteiger partial charge in [0.2, 0.25) is 0 Å². The van der Waals surface area contributed by atoms with Crippen LogP contribution in [0.3, 0.4) is 0 Å². The van der Waals surface area contributed by atoms with Crippen molar-refractivity contribution < 1.29 is 0 Å². The van der Waals surface area contributed by atoms with Crippen LogP contribution in [-0.4, -0.2) is 11.5 Å². The van der Waals surface area contributed by atoms with Crippen LogP contribution in [0.2, 0.25) is 0 Å². The standard InChI is InChI=1S/C15H15N.C9H9N/c1-2-9-14(10-3-1)16-12-6-8-13-7-4-5-11-15(13)16;1-7-6-8-4-2-3-5-9(8)10-7/h1-5,7,9-11H,6,8,12H2;2-6,10H,1H3. The maximum absolute atomic E-state index is 3.26. The van der Waals surface area contributed by atoms with E-state index in [1.807, 2.05) is 6.07 Å². The van der Waals surface area contributed by atoms with Gasteiger partial charge < -0.3 is 9.88 Å². The van der Waals surface area contributed by atoms with Gasteiger partial charge in [-0.15, -0.1) is 0 Å². The summed E-state index contributed by atoms with van der Waals surface area (Å²) < 4.78 is 0. The molecule has 2 heterocycles. The molecule has 0 bridgehead atoms. The number of anilines is 2. The molecular weight excluding hydrogens is 316 g/mol. The summed E-state index contributed by atoms with van der Waals surface area (Å²) in [5, 5.41) is 1.29. The van der Waals surface area contributed by atoms with E-state index in [-0.39, 0.29) is 0 Å². The molecule has 1 aliphatic rings. The van der Waals surface area contributed by atoms with E-state index in [2.05, 4.69) is 95.7 Å². The molecule has 3 aromatic carbocycles. The van der Waals surface area contributed by atoms with Crippen molar-refractivity contribution >= 4 is 22.3 Å². The summed E-state index contributed by atoms with van der Waals surface area (Å²) in [5.74, 6) is 0. The number of benzene rings is 3. The first kappa shape index (κ1) is 16.5. The number of nitrogens with zero attached hydrogens (tertiary/aromatic N) is 1. The molecule has 26 heavy (non-hydrogen) atoms. The lowest BCUT2D eigenvalue weighted by molar-refractivity contribution is 0.767. The van der Waals surface area contributed by atoms with Crippen LogP contribution in [0, 0.1) is 6.92 Å². The molecule has 1 N–H and O–H groups in total. The van der Waals surface area contributed by atoms with Crippen molar-refractivity contribution in [2.45, 2.75) is 19.8 Å². The van der Waals surface area contributed by atoms with Crippen LogP contribution in [0.4, 0.5) is 11.4 Å². The number of aryl methyl sites for hydroxylation is 2. The molecule has 0 radical (unpaired) electrons. The summed E-state index contributed by atoms with van der Waals surface area (Å²) in [5.41, 5.74) is 6.59. The van der Waals surface area contributed by atoms with Gasteiger partial charge in [0, 0.05) is 29.1 Å². The maximum Gasteiger partial charge on any atom is 0.0455 e. The summed E-state index contributed by atoms with van der Waals surface area (Å²) in [6.07, 6.45) is 2.45. The van der Waals surface area contributed by atoms with Crippen LogP contribution in [0.25, 0.3) is 10.9 Å². The van der Waals surface area contributed by atoms with E-state index in [1.54, 1.807) is 0 Å². The second-order valence-corrected chi connectivity index (χ2v) is 6.76. The molecule has 2 heteroatoms. The first-order valence-electron chi connectivity index (χ1n) is 9.26. The molecule has 0 saturated carbocycles. The van der Waals surface area contributed by atoms with E-state index in [1.165, 1.54) is 46.4 Å². The highest BCUT2D eigenvalue weighted by Gasteiger charge is 2.16. The Labute approximate surface area is 155 Å². The first-order chi connectivity index (χ1) is 12.8. The van der Waals surface area contributed by atoms with Crippen LogP contribution in [0.1, 0.15) is 17.7 Å². The summed E-state index contributed by atoms with van der Waals surface area (Å²) in [4.78, 5) is 5.67. The van der Waals surface area contributed by atoms with Crippen LogP contribution in [0.15, 0.2) is 84.9 Å². The average Bonchev–Trinajstić information content (AvgIpc) is 3.09. The van der Waals surface area contributed by atoms with E-state index in [9.17, 15) is 0 Å². The van der Waals surface area contributed by atoms with Gasteiger partial charge in [-0.2, -0.15) is 0 Å². The number of aromatic amines is 1. The van der Waals surface area contributed by atoms with Gasteiger partial charge in [-0.1, -0.05) is 54.6 Å².